The maximum atomic E-state index is 13.5. The summed E-state index contributed by atoms with van der Waals surface area (Å²) in [5.74, 6) is -0.626. The van der Waals surface area contributed by atoms with Gasteiger partial charge < -0.3 is 9.47 Å². The lowest BCUT2D eigenvalue weighted by atomic mass is 9.73. The van der Waals surface area contributed by atoms with E-state index in [1.165, 1.54) is 29.7 Å². The van der Waals surface area contributed by atoms with Crippen molar-refractivity contribution in [3.63, 3.8) is 0 Å². The maximum Gasteiger partial charge on any atom is 0.338 e. The topological polar surface area (TPSA) is 90.0 Å². The van der Waals surface area contributed by atoms with Gasteiger partial charge in [0, 0.05) is 5.56 Å². The minimum absolute atomic E-state index is 0.141. The first kappa shape index (κ1) is 24.1. The summed E-state index contributed by atoms with van der Waals surface area (Å²) in [6.07, 6.45) is 1.85. The van der Waals surface area contributed by atoms with E-state index in [0.29, 0.717) is 22.9 Å². The van der Waals surface area contributed by atoms with Crippen LogP contribution in [0.1, 0.15) is 45.0 Å². The number of esters is 1. The normalized spacial score (nSPS) is 25.4. The largest absolute Gasteiger partial charge is 0.497 e. The number of Topliss-reactive ketones (excluding diaryl/α,β-unsaturated/α-hetero) is 1. The number of ketones is 1. The Morgan fingerprint density at radius 1 is 0.842 bits per heavy atom. The Hall–Kier alpha value is -4.26. The standard InChI is InChI=1S/C31H27NO6/c1-37-23-9-5-8-20(14-23)26(33)17-38-31(36)19-10-12-22(13-11-19)32-29(34)27-21-15-24(18-6-3-2-4-7-18)25(16-21)28(27)30(32)35/h2-14,21,24-25,27-28H,15-17H2,1H3. The van der Waals surface area contributed by atoms with Gasteiger partial charge in [0.2, 0.25) is 11.8 Å². The molecule has 2 aliphatic carbocycles. The first-order chi connectivity index (χ1) is 18.5. The molecule has 7 nitrogen and oxygen atoms in total. The lowest BCUT2D eigenvalue weighted by Crippen LogP contribution is -2.33. The number of anilines is 1. The quantitative estimate of drug-likeness (QED) is 0.261. The molecule has 0 radical (unpaired) electrons. The zero-order valence-corrected chi connectivity index (χ0v) is 20.9. The summed E-state index contributed by atoms with van der Waals surface area (Å²) in [6, 6.07) is 23.1. The van der Waals surface area contributed by atoms with Gasteiger partial charge in [0.25, 0.3) is 0 Å². The van der Waals surface area contributed by atoms with Crippen LogP contribution in [0.5, 0.6) is 5.75 Å². The number of benzene rings is 3. The first-order valence-electron chi connectivity index (χ1n) is 12.8. The number of ether oxygens (including phenoxy) is 2. The third-order valence-electron chi connectivity index (χ3n) is 8.33. The van der Waals surface area contributed by atoms with Crippen molar-refractivity contribution in [1.82, 2.24) is 0 Å². The van der Waals surface area contributed by atoms with Gasteiger partial charge in [-0.2, -0.15) is 0 Å². The van der Waals surface area contributed by atoms with Gasteiger partial charge in [-0.15, -0.1) is 0 Å². The van der Waals surface area contributed by atoms with Crippen molar-refractivity contribution >= 4 is 29.3 Å². The fourth-order valence-corrected chi connectivity index (χ4v) is 6.64. The van der Waals surface area contributed by atoms with Gasteiger partial charge in [0.1, 0.15) is 5.75 Å². The number of imide groups is 1. The predicted octanol–water partition coefficient (Wildman–Crippen LogP) is 4.66. The van der Waals surface area contributed by atoms with Crippen molar-refractivity contribution in [1.29, 1.82) is 0 Å². The number of nitrogens with zero attached hydrogens (tertiary/aromatic N) is 1. The molecular formula is C31H27NO6. The molecule has 6 rings (SSSR count). The molecule has 3 aliphatic rings. The SMILES string of the molecule is COc1cccc(C(=O)COC(=O)c2ccc(N3C(=O)C4C5CC(c6ccccc6)C(C5)C4C3=O)cc2)c1. The number of rotatable bonds is 7. The van der Waals surface area contributed by atoms with Crippen molar-refractivity contribution < 1.29 is 28.7 Å². The Labute approximate surface area is 220 Å². The maximum absolute atomic E-state index is 13.5. The summed E-state index contributed by atoms with van der Waals surface area (Å²) < 4.78 is 10.3. The van der Waals surface area contributed by atoms with Gasteiger partial charge >= 0.3 is 5.97 Å². The van der Waals surface area contributed by atoms with Crippen LogP contribution in [-0.2, 0) is 14.3 Å². The van der Waals surface area contributed by atoms with Gasteiger partial charge in [-0.3, -0.25) is 19.3 Å². The molecule has 0 spiro atoms. The minimum Gasteiger partial charge on any atom is -0.497 e. The Kier molecular flexibility index (Phi) is 6.06. The first-order valence-corrected chi connectivity index (χ1v) is 12.8. The summed E-state index contributed by atoms with van der Waals surface area (Å²) in [5, 5.41) is 0. The molecule has 3 aromatic rings. The monoisotopic (exact) mass is 509 g/mol. The fourth-order valence-electron chi connectivity index (χ4n) is 6.64. The second-order valence-electron chi connectivity index (χ2n) is 10.3. The molecule has 3 fully saturated rings. The molecule has 1 saturated heterocycles. The third-order valence-corrected chi connectivity index (χ3v) is 8.33. The fraction of sp³-hybridized carbons (Fsp3) is 0.290. The molecular weight excluding hydrogens is 482 g/mol. The van der Waals surface area contributed by atoms with E-state index in [4.69, 9.17) is 9.47 Å². The van der Waals surface area contributed by atoms with E-state index in [0.717, 1.165) is 12.8 Å². The summed E-state index contributed by atoms with van der Waals surface area (Å²) >= 11 is 0. The Morgan fingerprint density at radius 3 is 2.32 bits per heavy atom. The van der Waals surface area contributed by atoms with Crippen LogP contribution >= 0.6 is 0 Å². The van der Waals surface area contributed by atoms with E-state index in [-0.39, 0.29) is 46.8 Å². The van der Waals surface area contributed by atoms with E-state index in [1.807, 2.05) is 18.2 Å². The second-order valence-corrected chi connectivity index (χ2v) is 10.3. The molecule has 2 saturated carbocycles. The zero-order chi connectivity index (χ0) is 26.4. The smallest absolute Gasteiger partial charge is 0.338 e. The molecule has 5 unspecified atom stereocenters. The van der Waals surface area contributed by atoms with Crippen LogP contribution in [-0.4, -0.2) is 37.3 Å². The van der Waals surface area contributed by atoms with Gasteiger partial charge in [-0.05, 0) is 72.6 Å². The van der Waals surface area contributed by atoms with E-state index in [1.54, 1.807) is 36.4 Å². The highest BCUT2D eigenvalue weighted by Gasteiger charge is 2.64. The number of hydrogen-bond acceptors (Lipinski definition) is 6. The highest BCUT2D eigenvalue weighted by Crippen LogP contribution is 2.61. The second kappa shape index (κ2) is 9.56. The number of fused-ring (bicyclic) bond motifs is 5. The van der Waals surface area contributed by atoms with Crippen LogP contribution < -0.4 is 9.64 Å². The van der Waals surface area contributed by atoms with Gasteiger partial charge in [-0.25, -0.2) is 4.79 Å². The van der Waals surface area contributed by atoms with Crippen molar-refractivity contribution in [2.24, 2.45) is 23.7 Å². The number of amides is 2. The minimum atomic E-state index is -0.660. The van der Waals surface area contributed by atoms with Crippen LogP contribution in [0, 0.1) is 23.7 Å². The van der Waals surface area contributed by atoms with Gasteiger partial charge in [0.15, 0.2) is 12.4 Å². The average Bonchev–Trinajstić information content (AvgIpc) is 3.63. The number of hydrogen-bond donors (Lipinski definition) is 0. The zero-order valence-electron chi connectivity index (χ0n) is 20.9. The van der Waals surface area contributed by atoms with Crippen LogP contribution in [0.25, 0.3) is 0 Å². The highest BCUT2D eigenvalue weighted by atomic mass is 16.5. The number of carbonyl (C=O) groups excluding carboxylic acids is 4. The molecule has 0 N–H and O–H groups in total. The van der Waals surface area contributed by atoms with Crippen LogP contribution in [0.15, 0.2) is 78.9 Å². The van der Waals surface area contributed by atoms with Crippen molar-refractivity contribution in [3.05, 3.63) is 95.6 Å². The van der Waals surface area contributed by atoms with Crippen LogP contribution in [0.3, 0.4) is 0 Å². The summed E-state index contributed by atoms with van der Waals surface area (Å²) in [6.45, 7) is -0.411. The van der Waals surface area contributed by atoms with Crippen LogP contribution in [0.4, 0.5) is 5.69 Å². The molecule has 3 aromatic carbocycles. The van der Waals surface area contributed by atoms with Gasteiger partial charge in [0.05, 0.1) is 30.2 Å². The van der Waals surface area contributed by atoms with E-state index >= 15 is 0 Å². The predicted molar refractivity (Wildman–Crippen MR) is 139 cm³/mol. The summed E-state index contributed by atoms with van der Waals surface area (Å²) in [7, 11) is 1.51. The molecule has 0 aromatic heterocycles. The van der Waals surface area contributed by atoms with E-state index < -0.39 is 12.6 Å². The molecule has 192 valence electrons. The third kappa shape index (κ3) is 3.99. The van der Waals surface area contributed by atoms with E-state index in [2.05, 4.69) is 12.1 Å². The van der Waals surface area contributed by atoms with Gasteiger partial charge in [-0.1, -0.05) is 42.5 Å². The molecule has 1 heterocycles. The molecule has 7 heteroatoms. The summed E-state index contributed by atoms with van der Waals surface area (Å²) in [4.78, 5) is 53.1. The summed E-state index contributed by atoms with van der Waals surface area (Å²) in [5.41, 5.74) is 2.31. The number of carbonyl (C=O) groups is 4. The number of methoxy groups -OCH3 is 1. The van der Waals surface area contributed by atoms with Crippen molar-refractivity contribution in [2.45, 2.75) is 18.8 Å². The lowest BCUT2D eigenvalue weighted by molar-refractivity contribution is -0.123. The Morgan fingerprint density at radius 2 is 1.58 bits per heavy atom. The van der Waals surface area contributed by atoms with E-state index in [9.17, 15) is 19.2 Å². The Balaban J connectivity index is 1.13. The average molecular weight is 510 g/mol. The molecule has 38 heavy (non-hydrogen) atoms. The van der Waals surface area contributed by atoms with Crippen molar-refractivity contribution in [2.75, 3.05) is 18.6 Å². The molecule has 1 aliphatic heterocycles. The van der Waals surface area contributed by atoms with Crippen LogP contribution in [0.2, 0.25) is 0 Å². The molecule has 5 atom stereocenters. The lowest BCUT2D eigenvalue weighted by Gasteiger charge is -2.28. The highest BCUT2D eigenvalue weighted by molar-refractivity contribution is 6.22. The van der Waals surface area contributed by atoms with Crippen molar-refractivity contribution in [3.8, 4) is 5.75 Å². The molecule has 2 bridgehead atoms. The molecule has 2 amide bonds. The Bertz CT molecular complexity index is 1420.